The molecule has 3 heterocycles. The molecule has 0 bridgehead atoms. The lowest BCUT2D eigenvalue weighted by molar-refractivity contribution is 0.318. The number of rotatable bonds is 2. The molecular weight excluding hydrogens is 200 g/mol. The summed E-state index contributed by atoms with van der Waals surface area (Å²) in [6.45, 7) is 4.53. The van der Waals surface area contributed by atoms with Crippen molar-refractivity contribution in [2.75, 3.05) is 18.4 Å². The van der Waals surface area contributed by atoms with E-state index in [2.05, 4.69) is 20.2 Å². The summed E-state index contributed by atoms with van der Waals surface area (Å²) in [5.74, 6) is 0.978. The van der Waals surface area contributed by atoms with Gasteiger partial charge in [-0.1, -0.05) is 0 Å². The molecular formula is C12H18N4. The molecule has 2 fully saturated rings. The molecule has 1 aromatic heterocycles. The van der Waals surface area contributed by atoms with Gasteiger partial charge in [-0.05, 0) is 32.7 Å². The van der Waals surface area contributed by atoms with Gasteiger partial charge in [-0.15, -0.1) is 0 Å². The number of nitrogens with one attached hydrogen (secondary N) is 1. The van der Waals surface area contributed by atoms with Gasteiger partial charge in [-0.2, -0.15) is 0 Å². The molecule has 0 aromatic carbocycles. The molecule has 2 atom stereocenters. The molecule has 3 rings (SSSR count). The number of aromatic nitrogens is 2. The molecule has 0 amide bonds. The van der Waals surface area contributed by atoms with Crippen molar-refractivity contribution < 1.29 is 0 Å². The minimum atomic E-state index is 0.580. The average molecular weight is 218 g/mol. The minimum Gasteiger partial charge on any atom is -0.366 e. The SMILES string of the molecule is Cc1cc(NC2CCN3CCCC23)ncn1. The van der Waals surface area contributed by atoms with Crippen LogP contribution in [0.3, 0.4) is 0 Å². The third-order valence-corrected chi connectivity index (χ3v) is 3.74. The Morgan fingerprint density at radius 2 is 2.25 bits per heavy atom. The second-order valence-electron chi connectivity index (χ2n) is 4.83. The van der Waals surface area contributed by atoms with E-state index < -0.39 is 0 Å². The number of hydrogen-bond acceptors (Lipinski definition) is 4. The molecule has 2 unspecified atom stereocenters. The van der Waals surface area contributed by atoms with Gasteiger partial charge in [-0.3, -0.25) is 4.90 Å². The molecule has 1 aromatic rings. The molecule has 0 radical (unpaired) electrons. The van der Waals surface area contributed by atoms with E-state index in [1.54, 1.807) is 6.33 Å². The number of nitrogens with zero attached hydrogens (tertiary/aromatic N) is 3. The first-order chi connectivity index (χ1) is 7.83. The van der Waals surface area contributed by atoms with Crippen LogP contribution in [-0.4, -0.2) is 40.0 Å². The van der Waals surface area contributed by atoms with Crippen molar-refractivity contribution >= 4 is 5.82 Å². The van der Waals surface area contributed by atoms with E-state index in [4.69, 9.17) is 0 Å². The second kappa shape index (κ2) is 4.01. The number of anilines is 1. The fourth-order valence-corrected chi connectivity index (χ4v) is 2.97. The Hall–Kier alpha value is -1.16. The zero-order valence-corrected chi connectivity index (χ0v) is 9.69. The standard InChI is InChI=1S/C12H18N4/c1-9-7-12(14-8-13-9)15-10-4-6-16-5-2-3-11(10)16/h7-8,10-11H,2-6H2,1H3,(H,13,14,15). The summed E-state index contributed by atoms with van der Waals surface area (Å²) >= 11 is 0. The van der Waals surface area contributed by atoms with Crippen molar-refractivity contribution in [1.29, 1.82) is 0 Å². The quantitative estimate of drug-likeness (QED) is 0.815. The van der Waals surface area contributed by atoms with Crippen LogP contribution in [-0.2, 0) is 0 Å². The summed E-state index contributed by atoms with van der Waals surface area (Å²) in [5.41, 5.74) is 1.03. The number of fused-ring (bicyclic) bond motifs is 1. The highest BCUT2D eigenvalue weighted by molar-refractivity contribution is 5.36. The van der Waals surface area contributed by atoms with Crippen molar-refractivity contribution in [1.82, 2.24) is 14.9 Å². The lowest BCUT2D eigenvalue weighted by atomic mass is 10.1. The second-order valence-corrected chi connectivity index (χ2v) is 4.83. The van der Waals surface area contributed by atoms with E-state index in [0.717, 1.165) is 17.6 Å². The van der Waals surface area contributed by atoms with Crippen LogP contribution in [0, 0.1) is 6.92 Å². The minimum absolute atomic E-state index is 0.580. The van der Waals surface area contributed by atoms with Crippen LogP contribution in [0.2, 0.25) is 0 Å². The van der Waals surface area contributed by atoms with Gasteiger partial charge in [0.1, 0.15) is 12.1 Å². The van der Waals surface area contributed by atoms with Crippen molar-refractivity contribution in [3.63, 3.8) is 0 Å². The van der Waals surface area contributed by atoms with E-state index in [1.807, 2.05) is 13.0 Å². The third kappa shape index (κ3) is 1.78. The smallest absolute Gasteiger partial charge is 0.129 e. The van der Waals surface area contributed by atoms with Gasteiger partial charge in [-0.25, -0.2) is 9.97 Å². The highest BCUT2D eigenvalue weighted by Crippen LogP contribution is 2.29. The monoisotopic (exact) mass is 218 g/mol. The molecule has 4 nitrogen and oxygen atoms in total. The van der Waals surface area contributed by atoms with Gasteiger partial charge >= 0.3 is 0 Å². The summed E-state index contributed by atoms with van der Waals surface area (Å²) in [4.78, 5) is 11.0. The Morgan fingerprint density at radius 3 is 3.12 bits per heavy atom. The van der Waals surface area contributed by atoms with Gasteiger partial charge in [0, 0.05) is 30.4 Å². The van der Waals surface area contributed by atoms with Crippen LogP contribution in [0.5, 0.6) is 0 Å². The van der Waals surface area contributed by atoms with Crippen LogP contribution >= 0.6 is 0 Å². The molecule has 16 heavy (non-hydrogen) atoms. The summed E-state index contributed by atoms with van der Waals surface area (Å²) in [7, 11) is 0. The zero-order valence-electron chi connectivity index (χ0n) is 9.69. The molecule has 0 spiro atoms. The van der Waals surface area contributed by atoms with Crippen molar-refractivity contribution in [3.8, 4) is 0 Å². The van der Waals surface area contributed by atoms with Crippen LogP contribution in [0.4, 0.5) is 5.82 Å². The van der Waals surface area contributed by atoms with Gasteiger partial charge in [0.25, 0.3) is 0 Å². The highest BCUT2D eigenvalue weighted by Gasteiger charge is 2.37. The average Bonchev–Trinajstić information content (AvgIpc) is 2.83. The summed E-state index contributed by atoms with van der Waals surface area (Å²) < 4.78 is 0. The molecule has 0 saturated carbocycles. The lowest BCUT2D eigenvalue weighted by Crippen LogP contribution is -2.34. The topological polar surface area (TPSA) is 41.0 Å². The Balaban J connectivity index is 1.71. The van der Waals surface area contributed by atoms with E-state index in [-0.39, 0.29) is 0 Å². The zero-order chi connectivity index (χ0) is 11.0. The van der Waals surface area contributed by atoms with Crippen LogP contribution < -0.4 is 5.32 Å². The predicted octanol–water partition coefficient (Wildman–Crippen LogP) is 1.43. The van der Waals surface area contributed by atoms with Gasteiger partial charge < -0.3 is 5.32 Å². The molecule has 86 valence electrons. The Labute approximate surface area is 96.1 Å². The first kappa shape index (κ1) is 10.0. The lowest BCUT2D eigenvalue weighted by Gasteiger charge is -2.21. The van der Waals surface area contributed by atoms with Crippen LogP contribution in [0.25, 0.3) is 0 Å². The maximum atomic E-state index is 4.28. The molecule has 2 aliphatic rings. The maximum absolute atomic E-state index is 4.28. The van der Waals surface area contributed by atoms with E-state index >= 15 is 0 Å². The summed E-state index contributed by atoms with van der Waals surface area (Å²) in [6, 6.07) is 3.34. The van der Waals surface area contributed by atoms with Crippen LogP contribution in [0.1, 0.15) is 25.0 Å². The molecule has 1 N–H and O–H groups in total. The first-order valence-electron chi connectivity index (χ1n) is 6.12. The maximum Gasteiger partial charge on any atom is 0.129 e. The Bertz CT molecular complexity index is 379. The van der Waals surface area contributed by atoms with E-state index in [0.29, 0.717) is 6.04 Å². The van der Waals surface area contributed by atoms with E-state index in [9.17, 15) is 0 Å². The summed E-state index contributed by atoms with van der Waals surface area (Å²) in [6.07, 6.45) is 5.57. The predicted molar refractivity (Wildman–Crippen MR) is 63.4 cm³/mol. The van der Waals surface area contributed by atoms with Gasteiger partial charge in [0.2, 0.25) is 0 Å². The van der Waals surface area contributed by atoms with Gasteiger partial charge in [0.05, 0.1) is 0 Å². The molecule has 0 aliphatic carbocycles. The highest BCUT2D eigenvalue weighted by atomic mass is 15.2. The summed E-state index contributed by atoms with van der Waals surface area (Å²) in [5, 5.41) is 3.56. The van der Waals surface area contributed by atoms with E-state index in [1.165, 1.54) is 32.4 Å². The van der Waals surface area contributed by atoms with Gasteiger partial charge in [0.15, 0.2) is 0 Å². The molecule has 4 heteroatoms. The fourth-order valence-electron chi connectivity index (χ4n) is 2.97. The largest absolute Gasteiger partial charge is 0.366 e. The normalized spacial score (nSPS) is 29.3. The van der Waals surface area contributed by atoms with Crippen molar-refractivity contribution in [3.05, 3.63) is 18.1 Å². The fraction of sp³-hybridized carbons (Fsp3) is 0.667. The Morgan fingerprint density at radius 1 is 1.31 bits per heavy atom. The first-order valence-corrected chi connectivity index (χ1v) is 6.12. The van der Waals surface area contributed by atoms with Crippen molar-refractivity contribution in [2.24, 2.45) is 0 Å². The molecule has 2 saturated heterocycles. The number of aryl methyl sites for hydroxylation is 1. The van der Waals surface area contributed by atoms with Crippen LogP contribution in [0.15, 0.2) is 12.4 Å². The number of hydrogen-bond donors (Lipinski definition) is 1. The van der Waals surface area contributed by atoms with Crippen molar-refractivity contribution in [2.45, 2.75) is 38.3 Å². The molecule has 2 aliphatic heterocycles. The Kier molecular flexibility index (Phi) is 2.52. The third-order valence-electron chi connectivity index (χ3n) is 3.74.